The van der Waals surface area contributed by atoms with Gasteiger partial charge in [0.1, 0.15) is 0 Å². The minimum atomic E-state index is -3.76. The van der Waals surface area contributed by atoms with Gasteiger partial charge in [-0.15, -0.1) is 0 Å². The van der Waals surface area contributed by atoms with E-state index in [1.54, 1.807) is 49.4 Å². The molecule has 0 spiro atoms. The Hall–Kier alpha value is -3.36. The van der Waals surface area contributed by atoms with E-state index in [-0.39, 0.29) is 10.8 Å². The molecule has 1 aliphatic heterocycles. The lowest BCUT2D eigenvalue weighted by Crippen LogP contribution is -2.36. The zero-order chi connectivity index (χ0) is 23.4. The first-order valence-corrected chi connectivity index (χ1v) is 12.2. The van der Waals surface area contributed by atoms with Gasteiger partial charge < -0.3 is 15.0 Å². The number of anilines is 3. The van der Waals surface area contributed by atoms with Crippen molar-refractivity contribution < 1.29 is 17.9 Å². The minimum Gasteiger partial charge on any atom is -0.378 e. The number of nitrogens with zero attached hydrogens (tertiary/aromatic N) is 1. The Morgan fingerprint density at radius 2 is 1.58 bits per heavy atom. The van der Waals surface area contributed by atoms with E-state index in [4.69, 9.17) is 4.74 Å². The Morgan fingerprint density at radius 1 is 0.909 bits per heavy atom. The fraction of sp³-hybridized carbons (Fsp3) is 0.240. The van der Waals surface area contributed by atoms with E-state index in [9.17, 15) is 13.2 Å². The Bertz CT molecular complexity index is 1230. The van der Waals surface area contributed by atoms with Gasteiger partial charge in [0.15, 0.2) is 0 Å². The highest BCUT2D eigenvalue weighted by molar-refractivity contribution is 7.92. The van der Waals surface area contributed by atoms with Crippen molar-refractivity contribution >= 4 is 33.0 Å². The Balaban J connectivity index is 1.47. The normalized spacial score (nSPS) is 14.1. The van der Waals surface area contributed by atoms with Crippen LogP contribution in [0.25, 0.3) is 0 Å². The first-order valence-electron chi connectivity index (χ1n) is 10.8. The highest BCUT2D eigenvalue weighted by Crippen LogP contribution is 2.23. The number of carbonyl (C=O) groups is 1. The lowest BCUT2D eigenvalue weighted by atomic mass is 10.1. The summed E-state index contributed by atoms with van der Waals surface area (Å²) < 4.78 is 33.5. The summed E-state index contributed by atoms with van der Waals surface area (Å²) >= 11 is 0. The van der Waals surface area contributed by atoms with E-state index in [0.29, 0.717) is 30.2 Å². The molecule has 0 radical (unpaired) electrons. The Kier molecular flexibility index (Phi) is 6.67. The van der Waals surface area contributed by atoms with E-state index in [2.05, 4.69) is 14.9 Å². The molecule has 172 valence electrons. The van der Waals surface area contributed by atoms with E-state index in [0.717, 1.165) is 29.9 Å². The van der Waals surface area contributed by atoms with E-state index < -0.39 is 10.0 Å². The number of amides is 1. The molecule has 1 heterocycles. The van der Waals surface area contributed by atoms with Crippen molar-refractivity contribution in [3.05, 3.63) is 83.4 Å². The molecule has 0 aromatic heterocycles. The standard InChI is InChI=1S/C25H27N3O4S/c1-18-3-11-23(12-4-18)33(30,31)27-24-17-20(6-5-19(24)2)25(29)26-21-7-9-22(10-8-21)28-13-15-32-16-14-28/h3-12,17,27H,13-16H2,1-2H3,(H,26,29). The van der Waals surface area contributed by atoms with Crippen LogP contribution in [0.1, 0.15) is 21.5 Å². The van der Waals surface area contributed by atoms with Crippen molar-refractivity contribution in [3.63, 3.8) is 0 Å². The van der Waals surface area contributed by atoms with Gasteiger partial charge >= 0.3 is 0 Å². The van der Waals surface area contributed by atoms with Gasteiger partial charge in [0, 0.05) is 30.0 Å². The van der Waals surface area contributed by atoms with Crippen LogP contribution in [-0.2, 0) is 14.8 Å². The van der Waals surface area contributed by atoms with Gasteiger partial charge in [-0.25, -0.2) is 8.42 Å². The largest absolute Gasteiger partial charge is 0.378 e. The predicted molar refractivity (Wildman–Crippen MR) is 131 cm³/mol. The number of aryl methyl sites for hydroxylation is 2. The summed E-state index contributed by atoms with van der Waals surface area (Å²) in [6.07, 6.45) is 0. The second-order valence-corrected chi connectivity index (χ2v) is 9.73. The molecule has 0 aliphatic carbocycles. The predicted octanol–water partition coefficient (Wildman–Crippen LogP) is 4.19. The van der Waals surface area contributed by atoms with Crippen LogP contribution in [0.5, 0.6) is 0 Å². The molecule has 1 fully saturated rings. The topological polar surface area (TPSA) is 87.7 Å². The van der Waals surface area contributed by atoms with Crippen molar-refractivity contribution in [1.29, 1.82) is 0 Å². The quantitative estimate of drug-likeness (QED) is 0.570. The van der Waals surface area contributed by atoms with E-state index in [1.165, 1.54) is 0 Å². The SMILES string of the molecule is Cc1ccc(S(=O)(=O)Nc2cc(C(=O)Nc3ccc(N4CCOCC4)cc3)ccc2C)cc1. The molecule has 0 unspecified atom stereocenters. The number of morpholine rings is 1. The second-order valence-electron chi connectivity index (χ2n) is 8.05. The molecule has 0 saturated carbocycles. The van der Waals surface area contributed by atoms with Crippen LogP contribution in [0.3, 0.4) is 0 Å². The van der Waals surface area contributed by atoms with Crippen molar-refractivity contribution in [2.75, 3.05) is 41.2 Å². The molecule has 1 saturated heterocycles. The van der Waals surface area contributed by atoms with Crippen molar-refractivity contribution in [1.82, 2.24) is 0 Å². The van der Waals surface area contributed by atoms with Crippen LogP contribution in [0.2, 0.25) is 0 Å². The smallest absolute Gasteiger partial charge is 0.261 e. The van der Waals surface area contributed by atoms with Crippen LogP contribution >= 0.6 is 0 Å². The highest BCUT2D eigenvalue weighted by Gasteiger charge is 2.17. The van der Waals surface area contributed by atoms with E-state index >= 15 is 0 Å². The number of benzene rings is 3. The summed E-state index contributed by atoms with van der Waals surface area (Å²) in [5, 5.41) is 2.88. The molecule has 8 heteroatoms. The van der Waals surface area contributed by atoms with Gasteiger partial charge in [-0.2, -0.15) is 0 Å². The second kappa shape index (κ2) is 9.64. The molecule has 4 rings (SSSR count). The summed E-state index contributed by atoms with van der Waals surface area (Å²) in [4.78, 5) is 15.2. The van der Waals surface area contributed by atoms with Gasteiger partial charge in [0.2, 0.25) is 0 Å². The van der Waals surface area contributed by atoms with Gasteiger partial charge in [0.25, 0.3) is 15.9 Å². The molecule has 3 aromatic carbocycles. The zero-order valence-electron chi connectivity index (χ0n) is 18.7. The number of sulfonamides is 1. The van der Waals surface area contributed by atoms with Crippen LogP contribution in [0.4, 0.5) is 17.1 Å². The zero-order valence-corrected chi connectivity index (χ0v) is 19.5. The van der Waals surface area contributed by atoms with Crippen molar-refractivity contribution in [2.45, 2.75) is 18.7 Å². The summed E-state index contributed by atoms with van der Waals surface area (Å²) in [6.45, 7) is 6.79. The number of carbonyl (C=O) groups excluding carboxylic acids is 1. The van der Waals surface area contributed by atoms with Crippen molar-refractivity contribution in [2.24, 2.45) is 0 Å². The maximum Gasteiger partial charge on any atom is 0.261 e. The Labute approximate surface area is 194 Å². The molecular formula is C25H27N3O4S. The molecule has 33 heavy (non-hydrogen) atoms. The Morgan fingerprint density at radius 3 is 2.24 bits per heavy atom. The average molecular weight is 466 g/mol. The number of hydrogen-bond acceptors (Lipinski definition) is 5. The molecule has 1 amide bonds. The lowest BCUT2D eigenvalue weighted by molar-refractivity contribution is 0.102. The summed E-state index contributed by atoms with van der Waals surface area (Å²) in [5.41, 5.74) is 4.17. The van der Waals surface area contributed by atoms with E-state index in [1.807, 2.05) is 31.2 Å². The molecule has 0 bridgehead atoms. The summed E-state index contributed by atoms with van der Waals surface area (Å²) in [5.74, 6) is -0.315. The molecule has 2 N–H and O–H groups in total. The molecule has 0 atom stereocenters. The first kappa shape index (κ1) is 22.8. The number of hydrogen-bond donors (Lipinski definition) is 2. The van der Waals surface area contributed by atoms with Crippen LogP contribution < -0.4 is 14.9 Å². The molecular weight excluding hydrogens is 438 g/mol. The number of rotatable bonds is 6. The third-order valence-corrected chi connectivity index (χ3v) is 6.96. The maximum absolute atomic E-state index is 12.8. The number of nitrogens with one attached hydrogen (secondary N) is 2. The average Bonchev–Trinajstić information content (AvgIpc) is 2.81. The molecule has 1 aliphatic rings. The monoisotopic (exact) mass is 465 g/mol. The van der Waals surface area contributed by atoms with Crippen LogP contribution in [-0.4, -0.2) is 40.6 Å². The third-order valence-electron chi connectivity index (χ3n) is 5.58. The van der Waals surface area contributed by atoms with Crippen LogP contribution in [0.15, 0.2) is 71.6 Å². The third kappa shape index (κ3) is 5.53. The summed E-state index contributed by atoms with van der Waals surface area (Å²) in [7, 11) is -3.76. The van der Waals surface area contributed by atoms with Gasteiger partial charge in [-0.05, 0) is 67.9 Å². The maximum atomic E-state index is 12.8. The van der Waals surface area contributed by atoms with Gasteiger partial charge in [0.05, 0.1) is 23.8 Å². The van der Waals surface area contributed by atoms with Gasteiger partial charge in [-0.1, -0.05) is 23.8 Å². The first-order chi connectivity index (χ1) is 15.8. The fourth-order valence-corrected chi connectivity index (χ4v) is 4.70. The van der Waals surface area contributed by atoms with Gasteiger partial charge in [-0.3, -0.25) is 9.52 Å². The lowest BCUT2D eigenvalue weighted by Gasteiger charge is -2.28. The molecule has 3 aromatic rings. The van der Waals surface area contributed by atoms with Crippen molar-refractivity contribution in [3.8, 4) is 0 Å². The minimum absolute atomic E-state index is 0.169. The van der Waals surface area contributed by atoms with Crippen LogP contribution in [0, 0.1) is 13.8 Å². The summed E-state index contributed by atoms with van der Waals surface area (Å²) in [6, 6.07) is 19.2. The number of ether oxygens (including phenoxy) is 1. The fourth-order valence-electron chi connectivity index (χ4n) is 3.57. The highest BCUT2D eigenvalue weighted by atomic mass is 32.2. The molecule has 7 nitrogen and oxygen atoms in total.